The van der Waals surface area contributed by atoms with E-state index in [4.69, 9.17) is 4.74 Å². The molecule has 3 aromatic carbocycles. The van der Waals surface area contributed by atoms with Gasteiger partial charge in [-0.25, -0.2) is 8.42 Å². The molecule has 3 rings (SSSR count). The van der Waals surface area contributed by atoms with Gasteiger partial charge >= 0.3 is 0 Å². The van der Waals surface area contributed by atoms with Gasteiger partial charge in [0.15, 0.2) is 0 Å². The smallest absolute Gasteiger partial charge is 0.264 e. The number of anilines is 1. The number of rotatable bonds is 12. The van der Waals surface area contributed by atoms with E-state index in [-0.39, 0.29) is 23.4 Å². The zero-order valence-electron chi connectivity index (χ0n) is 24.0. The first-order valence-electron chi connectivity index (χ1n) is 13.4. The third-order valence-corrected chi connectivity index (χ3v) is 8.88. The minimum Gasteiger partial charge on any atom is -0.497 e. The number of amides is 2. The Hall–Kier alpha value is -3.85. The number of nitrogens with one attached hydrogen (secondary N) is 1. The standard InChI is InChI=1S/C31H39N3O5S/c1-7-23(3)32-31(36)25(5)33(20-26-14-12-15-27(19-26)39-6)30(35)21-34(29-18-11-13-22(2)24(29)4)40(37,38)28-16-9-8-10-17-28/h8-19,23,25H,7,20-21H2,1-6H3,(H,32,36)/t23-,25+/m1/s1. The molecule has 2 atom stereocenters. The van der Waals surface area contributed by atoms with Crippen LogP contribution in [0.4, 0.5) is 5.69 Å². The van der Waals surface area contributed by atoms with E-state index in [1.807, 2.05) is 45.9 Å². The summed E-state index contributed by atoms with van der Waals surface area (Å²) >= 11 is 0. The molecule has 0 aliphatic rings. The Morgan fingerprint density at radius 3 is 2.27 bits per heavy atom. The van der Waals surface area contributed by atoms with Gasteiger partial charge in [0.2, 0.25) is 11.8 Å². The summed E-state index contributed by atoms with van der Waals surface area (Å²) in [6.45, 7) is 8.86. The molecule has 214 valence electrons. The lowest BCUT2D eigenvalue weighted by Gasteiger charge is -2.33. The summed E-state index contributed by atoms with van der Waals surface area (Å²) in [5, 5.41) is 2.94. The van der Waals surface area contributed by atoms with Crippen LogP contribution in [0.1, 0.15) is 43.9 Å². The van der Waals surface area contributed by atoms with Gasteiger partial charge in [-0.1, -0.05) is 49.4 Å². The van der Waals surface area contributed by atoms with E-state index < -0.39 is 28.5 Å². The fourth-order valence-corrected chi connectivity index (χ4v) is 5.75. The highest BCUT2D eigenvalue weighted by Gasteiger charge is 2.33. The van der Waals surface area contributed by atoms with Gasteiger partial charge in [0.05, 0.1) is 17.7 Å². The number of methoxy groups -OCH3 is 1. The van der Waals surface area contributed by atoms with Gasteiger partial charge in [-0.3, -0.25) is 13.9 Å². The molecule has 0 fully saturated rings. The van der Waals surface area contributed by atoms with Crippen molar-refractivity contribution in [2.75, 3.05) is 18.0 Å². The largest absolute Gasteiger partial charge is 0.497 e. The second-order valence-electron chi connectivity index (χ2n) is 9.91. The Balaban J connectivity index is 2.06. The van der Waals surface area contributed by atoms with Crippen LogP contribution in [0.2, 0.25) is 0 Å². The number of carbonyl (C=O) groups is 2. The molecule has 0 unspecified atom stereocenters. The van der Waals surface area contributed by atoms with Crippen molar-refractivity contribution in [3.63, 3.8) is 0 Å². The highest BCUT2D eigenvalue weighted by atomic mass is 32.2. The lowest BCUT2D eigenvalue weighted by Crippen LogP contribution is -2.52. The molecular formula is C31H39N3O5S. The van der Waals surface area contributed by atoms with Crippen molar-refractivity contribution < 1.29 is 22.7 Å². The second-order valence-corrected chi connectivity index (χ2v) is 11.8. The number of nitrogens with zero attached hydrogens (tertiary/aromatic N) is 2. The summed E-state index contributed by atoms with van der Waals surface area (Å²) in [5.41, 5.74) is 2.81. The molecule has 9 heteroatoms. The van der Waals surface area contributed by atoms with Crippen LogP contribution in [0.25, 0.3) is 0 Å². The summed E-state index contributed by atoms with van der Waals surface area (Å²) in [7, 11) is -2.55. The van der Waals surface area contributed by atoms with Crippen LogP contribution in [0, 0.1) is 13.8 Å². The number of aryl methyl sites for hydroxylation is 1. The summed E-state index contributed by atoms with van der Waals surface area (Å²) in [6, 6.07) is 19.7. The van der Waals surface area contributed by atoms with Gasteiger partial charge in [-0.15, -0.1) is 0 Å². The van der Waals surface area contributed by atoms with E-state index in [1.165, 1.54) is 17.0 Å². The van der Waals surface area contributed by atoms with Gasteiger partial charge in [0, 0.05) is 12.6 Å². The average Bonchev–Trinajstić information content (AvgIpc) is 2.96. The predicted molar refractivity (Wildman–Crippen MR) is 158 cm³/mol. The van der Waals surface area contributed by atoms with E-state index >= 15 is 0 Å². The predicted octanol–water partition coefficient (Wildman–Crippen LogP) is 4.84. The van der Waals surface area contributed by atoms with Gasteiger partial charge < -0.3 is 15.0 Å². The normalized spacial score (nSPS) is 12.8. The van der Waals surface area contributed by atoms with Crippen molar-refractivity contribution in [3.8, 4) is 5.75 Å². The first-order valence-corrected chi connectivity index (χ1v) is 14.8. The molecule has 0 saturated heterocycles. The highest BCUT2D eigenvalue weighted by molar-refractivity contribution is 7.92. The highest BCUT2D eigenvalue weighted by Crippen LogP contribution is 2.29. The fraction of sp³-hybridized carbons (Fsp3) is 0.355. The zero-order valence-corrected chi connectivity index (χ0v) is 24.9. The average molecular weight is 566 g/mol. The van der Waals surface area contributed by atoms with Gasteiger partial charge in [0.25, 0.3) is 10.0 Å². The Morgan fingerprint density at radius 2 is 1.62 bits per heavy atom. The number of hydrogen-bond donors (Lipinski definition) is 1. The molecule has 3 aromatic rings. The van der Waals surface area contributed by atoms with E-state index in [1.54, 1.807) is 56.5 Å². The molecule has 0 heterocycles. The molecule has 0 bridgehead atoms. The van der Waals surface area contributed by atoms with E-state index in [2.05, 4.69) is 5.32 Å². The minimum absolute atomic E-state index is 0.0746. The topological polar surface area (TPSA) is 96.0 Å². The van der Waals surface area contributed by atoms with Crippen molar-refractivity contribution in [3.05, 3.63) is 89.5 Å². The van der Waals surface area contributed by atoms with Crippen molar-refractivity contribution in [2.24, 2.45) is 0 Å². The SMILES string of the molecule is CC[C@@H](C)NC(=O)[C@H](C)N(Cc1cccc(OC)c1)C(=O)CN(c1cccc(C)c1C)S(=O)(=O)c1ccccc1. The molecular weight excluding hydrogens is 526 g/mol. The van der Waals surface area contributed by atoms with Crippen molar-refractivity contribution in [1.29, 1.82) is 0 Å². The Morgan fingerprint density at radius 1 is 0.950 bits per heavy atom. The quantitative estimate of drug-likeness (QED) is 0.339. The van der Waals surface area contributed by atoms with Gasteiger partial charge in [-0.05, 0) is 81.1 Å². The van der Waals surface area contributed by atoms with Crippen molar-refractivity contribution in [1.82, 2.24) is 10.2 Å². The molecule has 0 aliphatic heterocycles. The van der Waals surface area contributed by atoms with Crippen LogP contribution in [0.15, 0.2) is 77.7 Å². The van der Waals surface area contributed by atoms with E-state index in [9.17, 15) is 18.0 Å². The second kappa shape index (κ2) is 13.5. The number of benzene rings is 3. The molecule has 40 heavy (non-hydrogen) atoms. The molecule has 0 saturated carbocycles. The van der Waals surface area contributed by atoms with Crippen LogP contribution in [-0.4, -0.2) is 50.9 Å². The summed E-state index contributed by atoms with van der Waals surface area (Å²) in [6.07, 6.45) is 0.734. The third kappa shape index (κ3) is 7.21. The summed E-state index contributed by atoms with van der Waals surface area (Å²) < 4.78 is 34.4. The fourth-order valence-electron chi connectivity index (χ4n) is 4.25. The zero-order chi connectivity index (χ0) is 29.4. The van der Waals surface area contributed by atoms with Gasteiger partial charge in [0.1, 0.15) is 18.3 Å². The maximum absolute atomic E-state index is 14.1. The summed E-state index contributed by atoms with van der Waals surface area (Å²) in [4.78, 5) is 28.7. The van der Waals surface area contributed by atoms with Crippen molar-refractivity contribution >= 4 is 27.5 Å². The third-order valence-electron chi connectivity index (χ3n) is 7.11. The lowest BCUT2D eigenvalue weighted by molar-refractivity contribution is -0.139. The van der Waals surface area contributed by atoms with Crippen LogP contribution in [0.3, 0.4) is 0 Å². The Labute approximate surface area is 238 Å². The monoisotopic (exact) mass is 565 g/mol. The lowest BCUT2D eigenvalue weighted by atomic mass is 10.1. The Bertz CT molecular complexity index is 1430. The maximum Gasteiger partial charge on any atom is 0.264 e. The van der Waals surface area contributed by atoms with Crippen LogP contribution in [0.5, 0.6) is 5.75 Å². The van der Waals surface area contributed by atoms with E-state index in [0.29, 0.717) is 11.4 Å². The van der Waals surface area contributed by atoms with Crippen LogP contribution < -0.4 is 14.4 Å². The van der Waals surface area contributed by atoms with Gasteiger partial charge in [-0.2, -0.15) is 0 Å². The summed E-state index contributed by atoms with van der Waals surface area (Å²) in [5.74, 6) is -0.199. The van der Waals surface area contributed by atoms with Crippen LogP contribution >= 0.6 is 0 Å². The number of ether oxygens (including phenoxy) is 1. The molecule has 0 aromatic heterocycles. The molecule has 2 amide bonds. The van der Waals surface area contributed by atoms with E-state index in [0.717, 1.165) is 27.4 Å². The number of carbonyl (C=O) groups excluding carboxylic acids is 2. The van der Waals surface area contributed by atoms with Crippen molar-refractivity contribution in [2.45, 2.75) is 64.6 Å². The molecule has 0 radical (unpaired) electrons. The Kier molecular flexibility index (Phi) is 10.3. The number of sulfonamides is 1. The first-order chi connectivity index (χ1) is 19.0. The molecule has 1 N–H and O–H groups in total. The molecule has 0 spiro atoms. The molecule has 0 aliphatic carbocycles. The minimum atomic E-state index is -4.11. The number of hydrogen-bond acceptors (Lipinski definition) is 5. The maximum atomic E-state index is 14.1. The van der Waals surface area contributed by atoms with Crippen LogP contribution in [-0.2, 0) is 26.2 Å². The molecule has 8 nitrogen and oxygen atoms in total. The first kappa shape index (κ1) is 30.7.